The Morgan fingerprint density at radius 2 is 1.17 bits per heavy atom. The first-order chi connectivity index (χ1) is 11.2. The molecule has 2 N–H and O–H groups in total. The fraction of sp³-hybridized carbons (Fsp3) is 0.833. The maximum Gasteiger partial charge on any atom is 0.169 e. The lowest BCUT2D eigenvalue weighted by molar-refractivity contribution is 0.286. The SMILES string of the molecule is O=S1(=O)CC2NC(=S)N(CCN3C(=S)NC4CS(=O)(=O)CC43)C2C1. The Labute approximate surface area is 151 Å². The zero-order chi connectivity index (χ0) is 17.3. The summed E-state index contributed by atoms with van der Waals surface area (Å²) in [5, 5.41) is 7.29. The number of fused-ring (bicyclic) bond motifs is 2. The molecule has 0 radical (unpaired) electrons. The number of nitrogens with zero attached hydrogens (tertiary/aromatic N) is 2. The molecular formula is C12H18N4O4S4. The molecule has 4 rings (SSSR count). The zero-order valence-electron chi connectivity index (χ0n) is 12.7. The van der Waals surface area contributed by atoms with Crippen LogP contribution in [-0.4, -0.2) is 97.1 Å². The summed E-state index contributed by atoms with van der Waals surface area (Å²) < 4.78 is 47.2. The third-order valence-corrected chi connectivity index (χ3v) is 9.30. The molecular weight excluding hydrogens is 392 g/mol. The maximum atomic E-state index is 11.8. The van der Waals surface area contributed by atoms with Crippen molar-refractivity contribution in [3.63, 3.8) is 0 Å². The van der Waals surface area contributed by atoms with Crippen LogP contribution in [-0.2, 0) is 19.7 Å². The van der Waals surface area contributed by atoms with E-state index in [0.29, 0.717) is 23.3 Å². The number of rotatable bonds is 3. The molecule has 134 valence electrons. The summed E-state index contributed by atoms with van der Waals surface area (Å²) in [5.74, 6) is 0.434. The third-order valence-electron chi connectivity index (χ3n) is 5.17. The Hall–Kier alpha value is -0.720. The van der Waals surface area contributed by atoms with Gasteiger partial charge in [0.2, 0.25) is 0 Å². The number of nitrogens with one attached hydrogen (secondary N) is 2. The van der Waals surface area contributed by atoms with Gasteiger partial charge in [0.05, 0.1) is 47.2 Å². The van der Waals surface area contributed by atoms with Crippen LogP contribution in [0.2, 0.25) is 0 Å². The molecule has 4 fully saturated rings. The van der Waals surface area contributed by atoms with Gasteiger partial charge in [-0.3, -0.25) is 0 Å². The van der Waals surface area contributed by atoms with E-state index in [0.717, 1.165) is 0 Å². The molecule has 24 heavy (non-hydrogen) atoms. The van der Waals surface area contributed by atoms with Gasteiger partial charge in [-0.25, -0.2) is 16.8 Å². The number of hydrogen-bond donors (Lipinski definition) is 2. The summed E-state index contributed by atoms with van der Waals surface area (Å²) in [4.78, 5) is 3.81. The first-order valence-corrected chi connectivity index (χ1v) is 12.2. The lowest BCUT2D eigenvalue weighted by Gasteiger charge is -2.29. The average Bonchev–Trinajstić information content (AvgIpc) is 3.05. The van der Waals surface area contributed by atoms with Gasteiger partial charge in [-0.05, 0) is 24.4 Å². The van der Waals surface area contributed by atoms with Crippen molar-refractivity contribution in [3.8, 4) is 0 Å². The van der Waals surface area contributed by atoms with Crippen molar-refractivity contribution in [1.82, 2.24) is 20.4 Å². The highest BCUT2D eigenvalue weighted by Crippen LogP contribution is 2.26. The quantitative estimate of drug-likeness (QED) is 0.494. The van der Waals surface area contributed by atoms with E-state index in [1.54, 1.807) is 0 Å². The second-order valence-corrected chi connectivity index (χ2v) is 11.9. The number of sulfone groups is 2. The van der Waals surface area contributed by atoms with Gasteiger partial charge in [-0.15, -0.1) is 0 Å². The van der Waals surface area contributed by atoms with E-state index < -0.39 is 19.7 Å². The summed E-state index contributed by atoms with van der Waals surface area (Å²) in [6, 6.07) is -0.582. The van der Waals surface area contributed by atoms with Gasteiger partial charge >= 0.3 is 0 Å². The minimum atomic E-state index is -3.03. The minimum absolute atomic E-state index is 0.105. The normalized spacial score (nSPS) is 38.8. The minimum Gasteiger partial charge on any atom is -0.357 e. The summed E-state index contributed by atoms with van der Waals surface area (Å²) in [6.45, 7) is 1.04. The molecule has 4 aliphatic rings. The van der Waals surface area contributed by atoms with E-state index in [2.05, 4.69) is 10.6 Å². The third kappa shape index (κ3) is 2.76. The van der Waals surface area contributed by atoms with Crippen LogP contribution in [0.4, 0.5) is 0 Å². The summed E-state index contributed by atoms with van der Waals surface area (Å²) in [7, 11) is -6.07. The highest BCUT2D eigenvalue weighted by atomic mass is 32.2. The first kappa shape index (κ1) is 16.7. The second kappa shape index (κ2) is 5.39. The van der Waals surface area contributed by atoms with Crippen molar-refractivity contribution in [2.24, 2.45) is 0 Å². The van der Waals surface area contributed by atoms with E-state index in [4.69, 9.17) is 24.4 Å². The van der Waals surface area contributed by atoms with E-state index in [1.807, 2.05) is 9.80 Å². The summed E-state index contributed by atoms with van der Waals surface area (Å²) >= 11 is 10.7. The van der Waals surface area contributed by atoms with Crippen molar-refractivity contribution < 1.29 is 16.8 Å². The molecule has 4 atom stereocenters. The van der Waals surface area contributed by atoms with E-state index >= 15 is 0 Å². The lowest BCUT2D eigenvalue weighted by Crippen LogP contribution is -2.45. The maximum absolute atomic E-state index is 11.8. The van der Waals surface area contributed by atoms with Crippen LogP contribution in [0.3, 0.4) is 0 Å². The Kier molecular flexibility index (Phi) is 3.76. The Balaban J connectivity index is 1.45. The molecule has 4 unspecified atom stereocenters. The number of thiocarbonyl (C=S) groups is 2. The van der Waals surface area contributed by atoms with Gasteiger partial charge in [-0.1, -0.05) is 0 Å². The lowest BCUT2D eigenvalue weighted by atomic mass is 10.2. The molecule has 4 saturated heterocycles. The molecule has 0 saturated carbocycles. The van der Waals surface area contributed by atoms with Gasteiger partial charge in [-0.2, -0.15) is 0 Å². The molecule has 0 spiro atoms. The molecule has 0 bridgehead atoms. The van der Waals surface area contributed by atoms with Crippen LogP contribution in [0, 0.1) is 0 Å². The van der Waals surface area contributed by atoms with Crippen LogP contribution in [0.15, 0.2) is 0 Å². The smallest absolute Gasteiger partial charge is 0.169 e. The van der Waals surface area contributed by atoms with Crippen LogP contribution < -0.4 is 10.6 Å². The standard InChI is InChI=1S/C12H18N4O4S4/c17-23(18)3-7-9(5-23)15(11(21)13-7)1-2-16-10-6-24(19,20)4-8(10)14-12(16)22/h7-10H,1-6H2,(H,13,21)(H,14,22). The molecule has 0 aromatic heterocycles. The topological polar surface area (TPSA) is 98.8 Å². The predicted octanol–water partition coefficient (Wildman–Crippen LogP) is -2.30. The van der Waals surface area contributed by atoms with Gasteiger partial charge in [0.15, 0.2) is 29.9 Å². The highest BCUT2D eigenvalue weighted by Gasteiger charge is 2.49. The van der Waals surface area contributed by atoms with Crippen LogP contribution in [0.1, 0.15) is 0 Å². The Bertz CT molecular complexity index is 743. The van der Waals surface area contributed by atoms with E-state index in [1.165, 1.54) is 0 Å². The monoisotopic (exact) mass is 410 g/mol. The highest BCUT2D eigenvalue weighted by molar-refractivity contribution is 7.92. The van der Waals surface area contributed by atoms with Crippen molar-refractivity contribution in [1.29, 1.82) is 0 Å². The van der Waals surface area contributed by atoms with Crippen LogP contribution >= 0.6 is 24.4 Å². The molecule has 0 amide bonds. The molecule has 8 nitrogen and oxygen atoms in total. The molecule has 12 heteroatoms. The van der Waals surface area contributed by atoms with Gasteiger partial charge < -0.3 is 20.4 Å². The van der Waals surface area contributed by atoms with Crippen molar-refractivity contribution in [2.45, 2.75) is 24.2 Å². The fourth-order valence-electron chi connectivity index (χ4n) is 4.08. The molecule has 4 aliphatic heterocycles. The average molecular weight is 411 g/mol. The van der Waals surface area contributed by atoms with E-state index in [-0.39, 0.29) is 47.2 Å². The molecule has 0 aromatic rings. The van der Waals surface area contributed by atoms with Gasteiger partial charge in [0.1, 0.15) is 0 Å². The number of hydrogen-bond acceptors (Lipinski definition) is 6. The second-order valence-electron chi connectivity index (χ2n) is 6.79. The summed E-state index contributed by atoms with van der Waals surface area (Å²) in [5.41, 5.74) is 0. The Morgan fingerprint density at radius 1 is 0.792 bits per heavy atom. The Morgan fingerprint density at radius 3 is 1.54 bits per heavy atom. The van der Waals surface area contributed by atoms with Gasteiger partial charge in [0, 0.05) is 13.1 Å². The summed E-state index contributed by atoms with van der Waals surface area (Å²) in [6.07, 6.45) is 0. The molecule has 0 aliphatic carbocycles. The first-order valence-electron chi connectivity index (χ1n) is 7.70. The molecule has 0 aromatic carbocycles. The van der Waals surface area contributed by atoms with Gasteiger partial charge in [0.25, 0.3) is 0 Å². The van der Waals surface area contributed by atoms with Crippen molar-refractivity contribution in [2.75, 3.05) is 36.1 Å². The van der Waals surface area contributed by atoms with Crippen LogP contribution in [0.5, 0.6) is 0 Å². The van der Waals surface area contributed by atoms with Crippen LogP contribution in [0.25, 0.3) is 0 Å². The van der Waals surface area contributed by atoms with Crippen molar-refractivity contribution >= 4 is 54.3 Å². The fourth-order valence-corrected chi connectivity index (χ4v) is 8.68. The van der Waals surface area contributed by atoms with E-state index in [9.17, 15) is 16.8 Å². The zero-order valence-corrected chi connectivity index (χ0v) is 16.0. The molecule has 4 heterocycles. The van der Waals surface area contributed by atoms with Crippen molar-refractivity contribution in [3.05, 3.63) is 0 Å². The largest absolute Gasteiger partial charge is 0.357 e. The predicted molar refractivity (Wildman–Crippen MR) is 97.3 cm³/mol.